The molecule has 0 bridgehead atoms. The molecule has 0 aliphatic carbocycles. The van der Waals surface area contributed by atoms with Crippen molar-refractivity contribution in [2.75, 3.05) is 20.3 Å². The van der Waals surface area contributed by atoms with Gasteiger partial charge in [0.15, 0.2) is 0 Å². The van der Waals surface area contributed by atoms with Crippen LogP contribution >= 0.6 is 0 Å². The minimum Gasteiger partial charge on any atom is -0.492 e. The number of rotatable bonds is 7. The summed E-state index contributed by atoms with van der Waals surface area (Å²) in [6.07, 6.45) is 3.93. The van der Waals surface area contributed by atoms with E-state index < -0.39 is 5.41 Å². The fraction of sp³-hybridized carbons (Fsp3) is 0.474. The van der Waals surface area contributed by atoms with Gasteiger partial charge >= 0.3 is 5.97 Å². The number of hydrogen-bond acceptors (Lipinski definition) is 5. The minimum absolute atomic E-state index is 0.255. The normalized spacial score (nSPS) is 19.5. The molecule has 1 fully saturated rings. The first-order valence-electron chi connectivity index (χ1n) is 8.43. The fourth-order valence-electron chi connectivity index (χ4n) is 2.90. The highest BCUT2D eigenvalue weighted by Gasteiger charge is 2.35. The maximum Gasteiger partial charge on any atom is 0.315 e. The van der Waals surface area contributed by atoms with Gasteiger partial charge in [-0.1, -0.05) is 12.1 Å². The van der Waals surface area contributed by atoms with Gasteiger partial charge in [0, 0.05) is 31.9 Å². The molecule has 1 saturated heterocycles. The monoisotopic (exact) mass is 343 g/mol. The van der Waals surface area contributed by atoms with E-state index in [0.717, 1.165) is 24.4 Å². The summed E-state index contributed by atoms with van der Waals surface area (Å²) in [6, 6.07) is 8.11. The molecule has 1 aliphatic rings. The van der Waals surface area contributed by atoms with Crippen LogP contribution in [0.1, 0.15) is 25.0 Å². The summed E-state index contributed by atoms with van der Waals surface area (Å²) < 4.78 is 12.7. The second-order valence-corrected chi connectivity index (χ2v) is 7.06. The Morgan fingerprint density at radius 3 is 2.88 bits per heavy atom. The maximum absolute atomic E-state index is 12.0. The van der Waals surface area contributed by atoms with Crippen LogP contribution in [0.5, 0.6) is 5.75 Å². The Balaban J connectivity index is 1.54. The number of carbonyl (C=O) groups is 1. The van der Waals surface area contributed by atoms with E-state index in [1.807, 2.05) is 62.2 Å². The van der Waals surface area contributed by atoms with E-state index >= 15 is 0 Å². The molecule has 1 aromatic heterocycles. The van der Waals surface area contributed by atoms with Gasteiger partial charge in [-0.2, -0.15) is 5.10 Å². The molecule has 2 aromatic rings. The first-order valence-corrected chi connectivity index (χ1v) is 8.43. The average Bonchev–Trinajstić information content (AvgIpc) is 3.21. The van der Waals surface area contributed by atoms with Crippen molar-refractivity contribution in [3.05, 3.63) is 47.8 Å². The Morgan fingerprint density at radius 1 is 1.40 bits per heavy atom. The van der Waals surface area contributed by atoms with Gasteiger partial charge in [0.1, 0.15) is 12.4 Å². The van der Waals surface area contributed by atoms with Crippen LogP contribution in [-0.4, -0.2) is 47.0 Å². The van der Waals surface area contributed by atoms with Crippen LogP contribution in [0.4, 0.5) is 0 Å². The third-order valence-corrected chi connectivity index (χ3v) is 4.67. The molecule has 3 rings (SSSR count). The SMILES string of the molecule is COC(=O)C(C)(C)c1cccc(OCC2CN2Cc2cnn(C)c2)c1. The molecule has 25 heavy (non-hydrogen) atoms. The van der Waals surface area contributed by atoms with E-state index in [1.54, 1.807) is 0 Å². The highest BCUT2D eigenvalue weighted by atomic mass is 16.5. The summed E-state index contributed by atoms with van der Waals surface area (Å²) in [6.45, 7) is 6.28. The van der Waals surface area contributed by atoms with Crippen LogP contribution in [0.15, 0.2) is 36.7 Å². The Hall–Kier alpha value is -2.34. The number of nitrogens with zero attached hydrogens (tertiary/aromatic N) is 3. The summed E-state index contributed by atoms with van der Waals surface area (Å²) in [5.74, 6) is 0.525. The van der Waals surface area contributed by atoms with Gasteiger partial charge in [-0.3, -0.25) is 14.4 Å². The molecular weight excluding hydrogens is 318 g/mol. The van der Waals surface area contributed by atoms with Crippen molar-refractivity contribution < 1.29 is 14.3 Å². The number of benzene rings is 1. The minimum atomic E-state index is -0.694. The molecule has 0 amide bonds. The number of aromatic nitrogens is 2. The van der Waals surface area contributed by atoms with E-state index in [2.05, 4.69) is 10.00 Å². The number of methoxy groups -OCH3 is 1. The van der Waals surface area contributed by atoms with Crippen molar-refractivity contribution in [1.82, 2.24) is 14.7 Å². The molecule has 0 saturated carbocycles. The molecule has 6 heteroatoms. The second kappa shape index (κ2) is 6.88. The van der Waals surface area contributed by atoms with Crippen LogP contribution in [0.25, 0.3) is 0 Å². The zero-order chi connectivity index (χ0) is 18.0. The zero-order valence-electron chi connectivity index (χ0n) is 15.2. The number of hydrogen-bond donors (Lipinski definition) is 0. The van der Waals surface area contributed by atoms with E-state index in [9.17, 15) is 4.79 Å². The van der Waals surface area contributed by atoms with Gasteiger partial charge in [0.25, 0.3) is 0 Å². The lowest BCUT2D eigenvalue weighted by atomic mass is 9.85. The van der Waals surface area contributed by atoms with E-state index in [4.69, 9.17) is 9.47 Å². The Kier molecular flexibility index (Phi) is 4.81. The average molecular weight is 343 g/mol. The molecule has 6 nitrogen and oxygen atoms in total. The van der Waals surface area contributed by atoms with E-state index in [1.165, 1.54) is 12.7 Å². The Labute approximate surface area is 148 Å². The lowest BCUT2D eigenvalue weighted by Gasteiger charge is -2.22. The van der Waals surface area contributed by atoms with Gasteiger partial charge in [-0.05, 0) is 31.5 Å². The number of aryl methyl sites for hydroxylation is 1. The predicted octanol–water partition coefficient (Wildman–Crippen LogP) is 2.13. The van der Waals surface area contributed by atoms with Crippen molar-refractivity contribution in [1.29, 1.82) is 0 Å². The van der Waals surface area contributed by atoms with Crippen LogP contribution in [0, 0.1) is 0 Å². The van der Waals surface area contributed by atoms with Crippen LogP contribution in [-0.2, 0) is 28.5 Å². The molecule has 1 aromatic carbocycles. The molecular formula is C19H25N3O3. The summed E-state index contributed by atoms with van der Waals surface area (Å²) in [5.41, 5.74) is 1.41. The lowest BCUT2D eigenvalue weighted by molar-refractivity contribution is -0.146. The van der Waals surface area contributed by atoms with Gasteiger partial charge in [0.2, 0.25) is 0 Å². The van der Waals surface area contributed by atoms with Crippen molar-refractivity contribution in [3.63, 3.8) is 0 Å². The molecule has 0 radical (unpaired) electrons. The van der Waals surface area contributed by atoms with Crippen molar-refractivity contribution in [2.24, 2.45) is 7.05 Å². The Morgan fingerprint density at radius 2 is 2.20 bits per heavy atom. The van der Waals surface area contributed by atoms with Gasteiger partial charge in [0.05, 0.1) is 24.8 Å². The number of carbonyl (C=O) groups excluding carboxylic acids is 1. The standard InChI is InChI=1S/C19H25N3O3/c1-19(2,18(23)24-4)15-6-5-7-17(8-15)25-13-16-12-22(16)11-14-9-20-21(3)10-14/h5-10,16H,11-13H2,1-4H3. The number of ether oxygens (including phenoxy) is 2. The smallest absolute Gasteiger partial charge is 0.315 e. The molecule has 134 valence electrons. The van der Waals surface area contributed by atoms with E-state index in [-0.39, 0.29) is 5.97 Å². The quantitative estimate of drug-likeness (QED) is 0.569. The second-order valence-electron chi connectivity index (χ2n) is 7.06. The molecule has 0 spiro atoms. The fourth-order valence-corrected chi connectivity index (χ4v) is 2.90. The molecule has 2 unspecified atom stereocenters. The topological polar surface area (TPSA) is 56.4 Å². The molecule has 2 atom stereocenters. The summed E-state index contributed by atoms with van der Waals surface area (Å²) in [7, 11) is 3.34. The van der Waals surface area contributed by atoms with Crippen molar-refractivity contribution >= 4 is 5.97 Å². The number of esters is 1. The zero-order valence-corrected chi connectivity index (χ0v) is 15.2. The largest absolute Gasteiger partial charge is 0.492 e. The van der Waals surface area contributed by atoms with Gasteiger partial charge in [-0.15, -0.1) is 0 Å². The van der Waals surface area contributed by atoms with Gasteiger partial charge in [-0.25, -0.2) is 0 Å². The molecule has 1 aliphatic heterocycles. The third-order valence-electron chi connectivity index (χ3n) is 4.67. The van der Waals surface area contributed by atoms with Gasteiger partial charge < -0.3 is 9.47 Å². The third kappa shape index (κ3) is 4.02. The summed E-state index contributed by atoms with van der Waals surface area (Å²) in [4.78, 5) is 14.3. The first kappa shape index (κ1) is 17.5. The lowest BCUT2D eigenvalue weighted by Crippen LogP contribution is -2.30. The van der Waals surface area contributed by atoms with Crippen LogP contribution in [0.3, 0.4) is 0 Å². The summed E-state index contributed by atoms with van der Waals surface area (Å²) >= 11 is 0. The Bertz CT molecular complexity index is 754. The van der Waals surface area contributed by atoms with Crippen LogP contribution in [0.2, 0.25) is 0 Å². The van der Waals surface area contributed by atoms with Crippen molar-refractivity contribution in [2.45, 2.75) is 31.8 Å². The van der Waals surface area contributed by atoms with Crippen LogP contribution < -0.4 is 4.74 Å². The maximum atomic E-state index is 12.0. The van der Waals surface area contributed by atoms with Crippen molar-refractivity contribution in [3.8, 4) is 5.75 Å². The summed E-state index contributed by atoms with van der Waals surface area (Å²) in [5, 5.41) is 4.19. The predicted molar refractivity (Wildman–Crippen MR) is 94.4 cm³/mol. The van der Waals surface area contributed by atoms with E-state index in [0.29, 0.717) is 12.6 Å². The first-order chi connectivity index (χ1) is 11.9. The highest BCUT2D eigenvalue weighted by molar-refractivity contribution is 5.82. The highest BCUT2D eigenvalue weighted by Crippen LogP contribution is 2.28. The molecule has 0 N–H and O–H groups in total. The molecule has 2 heterocycles.